The van der Waals surface area contributed by atoms with Gasteiger partial charge in [0.25, 0.3) is 5.56 Å². The number of amides is 1. The van der Waals surface area contributed by atoms with Crippen molar-refractivity contribution >= 4 is 17.3 Å². The van der Waals surface area contributed by atoms with Crippen LogP contribution < -0.4 is 16.0 Å². The number of ether oxygens (including phenoxy) is 1. The van der Waals surface area contributed by atoms with Gasteiger partial charge in [-0.2, -0.15) is 0 Å². The Kier molecular flexibility index (Phi) is 7.86. The minimum atomic E-state index is -1.27. The first kappa shape index (κ1) is 26.3. The lowest BCUT2D eigenvalue weighted by atomic mass is 10.0. The van der Waals surface area contributed by atoms with E-state index in [2.05, 4.69) is 0 Å². The van der Waals surface area contributed by atoms with Crippen LogP contribution in [0.15, 0.2) is 82.4 Å². The summed E-state index contributed by atoms with van der Waals surface area (Å²) in [4.78, 5) is 40.3. The van der Waals surface area contributed by atoms with Crippen LogP contribution in [-0.2, 0) is 11.3 Å². The highest BCUT2D eigenvalue weighted by Crippen LogP contribution is 2.26. The van der Waals surface area contributed by atoms with Crippen LogP contribution in [0.3, 0.4) is 0 Å². The first-order chi connectivity index (χ1) is 19.0. The number of fused-ring (bicyclic) bond motifs is 1. The molecule has 7 nitrogen and oxygen atoms in total. The van der Waals surface area contributed by atoms with Gasteiger partial charge in [0, 0.05) is 19.1 Å². The van der Waals surface area contributed by atoms with Crippen LogP contribution in [0.1, 0.15) is 24.4 Å². The topological polar surface area (TPSA) is 73.5 Å². The molecule has 5 rings (SSSR count). The number of carbonyl (C=O) groups excluding carboxylic acids is 1. The molecular weight excluding hydrogens is 504 g/mol. The van der Waals surface area contributed by atoms with Crippen molar-refractivity contribution in [2.45, 2.75) is 31.5 Å². The number of rotatable bonds is 9. The van der Waals surface area contributed by atoms with Gasteiger partial charge in [0.05, 0.1) is 17.4 Å². The zero-order chi connectivity index (χ0) is 27.4. The number of hydrogen-bond donors (Lipinski definition) is 0. The third-order valence-corrected chi connectivity index (χ3v) is 7.20. The zero-order valence-corrected chi connectivity index (χ0v) is 21.3. The number of benzene rings is 3. The van der Waals surface area contributed by atoms with Crippen molar-refractivity contribution < 1.29 is 18.3 Å². The number of alkyl halides is 2. The molecule has 0 atom stereocenters. The number of aromatic nitrogens is 2. The summed E-state index contributed by atoms with van der Waals surface area (Å²) in [6, 6.07) is 21.9. The molecule has 1 aliphatic heterocycles. The molecule has 1 amide bonds. The maximum Gasteiger partial charge on any atom is 0.332 e. The maximum atomic E-state index is 13.8. The summed E-state index contributed by atoms with van der Waals surface area (Å²) in [5.74, 6) is 0.152. The standard InChI is InChI=1S/C30H29F2N3O4/c31-17-26(18-32)39-25-10-11-28-27(16-25)29(37)34(30(38)35(28)24-12-14-33(20-36)15-13-24)19-21-6-8-23(9-7-21)22-4-2-1-3-5-22/h1-11,16,20,24,26H,12-15,17-19H2. The molecule has 3 aromatic carbocycles. The van der Waals surface area contributed by atoms with Crippen molar-refractivity contribution in [2.24, 2.45) is 0 Å². The fraction of sp³-hybridized carbons (Fsp3) is 0.300. The Balaban J connectivity index is 1.57. The Morgan fingerprint density at radius 2 is 1.56 bits per heavy atom. The molecule has 1 aromatic heterocycles. The molecule has 0 bridgehead atoms. The third-order valence-electron chi connectivity index (χ3n) is 7.20. The fourth-order valence-electron chi connectivity index (χ4n) is 5.09. The molecule has 1 fully saturated rings. The molecule has 9 heteroatoms. The van der Waals surface area contributed by atoms with Gasteiger partial charge in [-0.05, 0) is 47.7 Å². The van der Waals surface area contributed by atoms with Gasteiger partial charge in [-0.3, -0.25) is 18.7 Å². The summed E-state index contributed by atoms with van der Waals surface area (Å²) < 4.78 is 34.4. The van der Waals surface area contributed by atoms with E-state index in [-0.39, 0.29) is 23.7 Å². The second kappa shape index (κ2) is 11.6. The minimum Gasteiger partial charge on any atom is -0.485 e. The molecule has 0 radical (unpaired) electrons. The molecule has 0 spiro atoms. The van der Waals surface area contributed by atoms with Crippen molar-refractivity contribution in [3.63, 3.8) is 0 Å². The van der Waals surface area contributed by atoms with Crippen LogP contribution in [-0.4, -0.2) is 53.0 Å². The molecule has 1 saturated heterocycles. The summed E-state index contributed by atoms with van der Waals surface area (Å²) in [6.45, 7) is -0.965. The summed E-state index contributed by atoms with van der Waals surface area (Å²) >= 11 is 0. The number of nitrogens with zero attached hydrogens (tertiary/aromatic N) is 3. The largest absolute Gasteiger partial charge is 0.485 e. The molecule has 1 aliphatic rings. The predicted molar refractivity (Wildman–Crippen MR) is 146 cm³/mol. The molecular formula is C30H29F2N3O4. The Bertz CT molecular complexity index is 1560. The van der Waals surface area contributed by atoms with E-state index in [9.17, 15) is 23.2 Å². The van der Waals surface area contributed by atoms with Crippen LogP contribution in [0.25, 0.3) is 22.0 Å². The Hall–Kier alpha value is -4.27. The molecule has 202 valence electrons. The van der Waals surface area contributed by atoms with Crippen LogP contribution in [0.4, 0.5) is 8.78 Å². The first-order valence-electron chi connectivity index (χ1n) is 12.9. The number of hydrogen-bond acceptors (Lipinski definition) is 4. The second-order valence-corrected chi connectivity index (χ2v) is 9.71. The summed E-state index contributed by atoms with van der Waals surface area (Å²) in [5, 5.41) is 0.224. The van der Waals surface area contributed by atoms with Crippen molar-refractivity contribution in [2.75, 3.05) is 26.4 Å². The van der Waals surface area contributed by atoms with Gasteiger partial charge >= 0.3 is 5.69 Å². The van der Waals surface area contributed by atoms with Crippen molar-refractivity contribution in [1.29, 1.82) is 0 Å². The van der Waals surface area contributed by atoms with Crippen LogP contribution in [0.5, 0.6) is 5.75 Å². The van der Waals surface area contributed by atoms with E-state index in [4.69, 9.17) is 4.74 Å². The van der Waals surface area contributed by atoms with Gasteiger partial charge in [-0.25, -0.2) is 13.6 Å². The van der Waals surface area contributed by atoms with E-state index in [0.717, 1.165) is 23.1 Å². The summed E-state index contributed by atoms with van der Waals surface area (Å²) in [7, 11) is 0. The van der Waals surface area contributed by atoms with Crippen LogP contribution in [0, 0.1) is 0 Å². The first-order valence-corrected chi connectivity index (χ1v) is 12.9. The molecule has 4 aromatic rings. The normalized spacial score (nSPS) is 14.2. The molecule has 0 saturated carbocycles. The number of halogens is 2. The highest BCUT2D eigenvalue weighted by molar-refractivity contribution is 5.80. The average Bonchev–Trinajstić information content (AvgIpc) is 2.99. The molecule has 0 unspecified atom stereocenters. The highest BCUT2D eigenvalue weighted by Gasteiger charge is 2.25. The smallest absolute Gasteiger partial charge is 0.332 e. The lowest BCUT2D eigenvalue weighted by Crippen LogP contribution is -2.44. The van der Waals surface area contributed by atoms with Crippen LogP contribution in [0.2, 0.25) is 0 Å². The van der Waals surface area contributed by atoms with Gasteiger partial charge < -0.3 is 9.64 Å². The minimum absolute atomic E-state index is 0.0541. The molecule has 0 N–H and O–H groups in total. The van der Waals surface area contributed by atoms with E-state index in [1.807, 2.05) is 54.6 Å². The quantitative estimate of drug-likeness (QED) is 0.300. The lowest BCUT2D eigenvalue weighted by Gasteiger charge is -2.31. The third kappa shape index (κ3) is 5.48. The Labute approximate surface area is 223 Å². The molecule has 2 heterocycles. The zero-order valence-electron chi connectivity index (χ0n) is 21.3. The number of piperidine rings is 1. The van der Waals surface area contributed by atoms with Crippen LogP contribution >= 0.6 is 0 Å². The van der Waals surface area contributed by atoms with Gasteiger partial charge in [0.1, 0.15) is 19.1 Å². The molecule has 0 aliphatic carbocycles. The number of likely N-dealkylation sites (tertiary alicyclic amines) is 1. The Morgan fingerprint density at radius 3 is 2.21 bits per heavy atom. The summed E-state index contributed by atoms with van der Waals surface area (Å²) in [6.07, 6.45) is 0.641. The van der Waals surface area contributed by atoms with E-state index in [0.29, 0.717) is 31.4 Å². The van der Waals surface area contributed by atoms with Crippen molar-refractivity contribution in [3.8, 4) is 16.9 Å². The van der Waals surface area contributed by atoms with Gasteiger partial charge in [-0.15, -0.1) is 0 Å². The average molecular weight is 534 g/mol. The second-order valence-electron chi connectivity index (χ2n) is 9.71. The van der Waals surface area contributed by atoms with Gasteiger partial charge in [-0.1, -0.05) is 54.6 Å². The van der Waals surface area contributed by atoms with E-state index < -0.39 is 30.7 Å². The predicted octanol–water partition coefficient (Wildman–Crippen LogP) is 4.36. The van der Waals surface area contributed by atoms with Gasteiger partial charge in [0.2, 0.25) is 6.41 Å². The Morgan fingerprint density at radius 1 is 0.897 bits per heavy atom. The maximum absolute atomic E-state index is 13.8. The van der Waals surface area contributed by atoms with E-state index in [1.165, 1.54) is 16.7 Å². The SMILES string of the molecule is O=CN1CCC(n2c(=O)n(Cc3ccc(-c4ccccc4)cc3)c(=O)c3cc(OC(CF)CF)ccc32)CC1. The fourth-order valence-corrected chi connectivity index (χ4v) is 5.09. The van der Waals surface area contributed by atoms with Gasteiger partial charge in [0.15, 0.2) is 6.10 Å². The van der Waals surface area contributed by atoms with E-state index >= 15 is 0 Å². The summed E-state index contributed by atoms with van der Waals surface area (Å²) in [5.41, 5.74) is 2.33. The van der Waals surface area contributed by atoms with Crippen molar-refractivity contribution in [3.05, 3.63) is 99.2 Å². The molecule has 39 heavy (non-hydrogen) atoms. The number of carbonyl (C=O) groups is 1. The highest BCUT2D eigenvalue weighted by atomic mass is 19.1. The monoisotopic (exact) mass is 533 g/mol. The lowest BCUT2D eigenvalue weighted by molar-refractivity contribution is -0.119. The van der Waals surface area contributed by atoms with E-state index in [1.54, 1.807) is 15.5 Å². The van der Waals surface area contributed by atoms with Crippen molar-refractivity contribution in [1.82, 2.24) is 14.0 Å².